The molecule has 3 aromatic carbocycles. The summed E-state index contributed by atoms with van der Waals surface area (Å²) >= 11 is 0. The third-order valence-corrected chi connectivity index (χ3v) is 8.38. The van der Waals surface area contributed by atoms with E-state index in [-0.39, 0.29) is 17.7 Å². The first-order chi connectivity index (χ1) is 19.2. The van der Waals surface area contributed by atoms with Gasteiger partial charge in [0.2, 0.25) is 5.91 Å². The molecule has 1 amide bonds. The monoisotopic (exact) mass is 524 g/mol. The van der Waals surface area contributed by atoms with E-state index in [1.54, 1.807) is 14.2 Å². The highest BCUT2D eigenvalue weighted by molar-refractivity contribution is 6.14. The summed E-state index contributed by atoms with van der Waals surface area (Å²) in [6.45, 7) is 1.31. The van der Waals surface area contributed by atoms with Crippen molar-refractivity contribution in [3.63, 3.8) is 0 Å². The van der Waals surface area contributed by atoms with Gasteiger partial charge in [-0.2, -0.15) is 0 Å². The van der Waals surface area contributed by atoms with E-state index >= 15 is 0 Å². The highest BCUT2D eigenvalue weighted by Crippen LogP contribution is 2.38. The van der Waals surface area contributed by atoms with Gasteiger partial charge in [0.15, 0.2) is 11.5 Å². The van der Waals surface area contributed by atoms with Crippen molar-refractivity contribution in [2.45, 2.75) is 50.9 Å². The number of nitrogens with one attached hydrogen (secondary N) is 1. The molecule has 1 N–H and O–H groups in total. The van der Waals surface area contributed by atoms with E-state index < -0.39 is 0 Å². The summed E-state index contributed by atoms with van der Waals surface area (Å²) in [5.41, 5.74) is 5.68. The molecule has 0 radical (unpaired) electrons. The molecule has 39 heavy (non-hydrogen) atoms. The number of hydrogen-bond acceptors (Lipinski definition) is 4. The number of fused-ring (bicyclic) bond motifs is 1. The van der Waals surface area contributed by atoms with Gasteiger partial charge < -0.3 is 14.8 Å². The molecule has 1 aliphatic carbocycles. The average molecular weight is 525 g/mol. The molecular formula is C34H40N2O3. The van der Waals surface area contributed by atoms with Crippen LogP contribution in [-0.2, 0) is 11.2 Å². The lowest BCUT2D eigenvalue weighted by Gasteiger charge is -2.33. The molecule has 0 bridgehead atoms. The van der Waals surface area contributed by atoms with Crippen molar-refractivity contribution in [1.82, 2.24) is 5.32 Å². The van der Waals surface area contributed by atoms with E-state index in [0.717, 1.165) is 42.7 Å². The molecule has 1 aliphatic heterocycles. The molecule has 0 spiro atoms. The van der Waals surface area contributed by atoms with Crippen molar-refractivity contribution in [2.24, 2.45) is 16.8 Å². The minimum Gasteiger partial charge on any atom is -0.493 e. The largest absolute Gasteiger partial charge is 0.493 e. The van der Waals surface area contributed by atoms with Crippen molar-refractivity contribution in [3.8, 4) is 11.5 Å². The first kappa shape index (κ1) is 27.0. The minimum absolute atomic E-state index is 0.100. The Hall–Kier alpha value is -3.60. The van der Waals surface area contributed by atoms with E-state index in [2.05, 4.69) is 72.0 Å². The minimum atomic E-state index is -0.255. The standard InChI is InChI=1S/C34H40N2O3/c1-38-30-22-27-18-20-35-33(29(27)23-31(30)39-2)32(26-16-10-5-11-17-26)34(37)36-21-19-28(24-12-6-3-7-13-24)25-14-8-4-9-15-25/h3-4,6-9,12-15,22-23,26,28,32H,5,10-11,16-21H2,1-2H3,(H,36,37)/t32-/m0/s1. The van der Waals surface area contributed by atoms with E-state index in [9.17, 15) is 4.79 Å². The summed E-state index contributed by atoms with van der Waals surface area (Å²) in [6, 6.07) is 25.3. The first-order valence-electron chi connectivity index (χ1n) is 14.4. The van der Waals surface area contributed by atoms with Crippen LogP contribution in [0.4, 0.5) is 0 Å². The molecule has 1 atom stereocenters. The molecule has 2 aliphatic rings. The van der Waals surface area contributed by atoms with E-state index in [0.29, 0.717) is 24.8 Å². The summed E-state index contributed by atoms with van der Waals surface area (Å²) in [4.78, 5) is 19.0. The lowest BCUT2D eigenvalue weighted by molar-refractivity contribution is -0.124. The van der Waals surface area contributed by atoms with Gasteiger partial charge in [0.25, 0.3) is 0 Å². The number of benzene rings is 3. The van der Waals surface area contributed by atoms with Gasteiger partial charge in [-0.1, -0.05) is 79.9 Å². The SMILES string of the molecule is COc1cc2c(cc1OC)C([C@@H](C(=O)NCCC(c1ccccc1)c1ccccc1)C1CCCCC1)=NCC2. The number of methoxy groups -OCH3 is 2. The number of carbonyl (C=O) groups excluding carboxylic acids is 1. The Morgan fingerprint density at radius 2 is 1.51 bits per heavy atom. The van der Waals surface area contributed by atoms with Crippen LogP contribution in [0.1, 0.15) is 66.7 Å². The molecule has 1 heterocycles. The van der Waals surface area contributed by atoms with Gasteiger partial charge in [0, 0.05) is 24.6 Å². The van der Waals surface area contributed by atoms with E-state index in [1.165, 1.54) is 36.0 Å². The van der Waals surface area contributed by atoms with Crippen LogP contribution in [0, 0.1) is 11.8 Å². The quantitative estimate of drug-likeness (QED) is 0.326. The van der Waals surface area contributed by atoms with Crippen molar-refractivity contribution >= 4 is 11.6 Å². The van der Waals surface area contributed by atoms with Gasteiger partial charge in [-0.05, 0) is 60.4 Å². The second-order valence-electron chi connectivity index (χ2n) is 10.7. The molecule has 1 saturated carbocycles. The maximum absolute atomic E-state index is 14.0. The fraction of sp³-hybridized carbons (Fsp3) is 0.412. The molecular weight excluding hydrogens is 484 g/mol. The summed E-state index contributed by atoms with van der Waals surface area (Å²) in [7, 11) is 3.32. The molecule has 0 saturated heterocycles. The average Bonchev–Trinajstić information content (AvgIpc) is 3.00. The number of hydrogen-bond donors (Lipinski definition) is 1. The van der Waals surface area contributed by atoms with Gasteiger partial charge in [-0.25, -0.2) is 0 Å². The highest BCUT2D eigenvalue weighted by Gasteiger charge is 2.36. The van der Waals surface area contributed by atoms with E-state index in [1.807, 2.05) is 6.07 Å². The summed E-state index contributed by atoms with van der Waals surface area (Å²) < 4.78 is 11.2. The van der Waals surface area contributed by atoms with Gasteiger partial charge in [0.05, 0.1) is 25.8 Å². The molecule has 1 fully saturated rings. The van der Waals surface area contributed by atoms with Crippen LogP contribution >= 0.6 is 0 Å². The van der Waals surface area contributed by atoms with Crippen LogP contribution in [0.2, 0.25) is 0 Å². The van der Waals surface area contributed by atoms with Crippen molar-refractivity contribution in [3.05, 3.63) is 95.1 Å². The predicted molar refractivity (Wildman–Crippen MR) is 157 cm³/mol. The predicted octanol–water partition coefficient (Wildman–Crippen LogP) is 6.58. The maximum Gasteiger partial charge on any atom is 0.229 e. The zero-order valence-corrected chi connectivity index (χ0v) is 23.2. The fourth-order valence-electron chi connectivity index (χ4n) is 6.39. The van der Waals surface area contributed by atoms with Crippen LogP contribution < -0.4 is 14.8 Å². The van der Waals surface area contributed by atoms with Crippen molar-refractivity contribution in [1.29, 1.82) is 0 Å². The van der Waals surface area contributed by atoms with Crippen LogP contribution in [0.5, 0.6) is 11.5 Å². The first-order valence-corrected chi connectivity index (χ1v) is 14.4. The van der Waals surface area contributed by atoms with Crippen LogP contribution in [0.15, 0.2) is 77.8 Å². The third-order valence-electron chi connectivity index (χ3n) is 8.38. The van der Waals surface area contributed by atoms with E-state index in [4.69, 9.17) is 14.5 Å². The Morgan fingerprint density at radius 3 is 2.13 bits per heavy atom. The summed E-state index contributed by atoms with van der Waals surface area (Å²) in [6.07, 6.45) is 7.40. The fourth-order valence-corrected chi connectivity index (χ4v) is 6.39. The number of aliphatic imine (C=N–C) groups is 1. The Kier molecular flexibility index (Phi) is 8.97. The molecule has 0 aromatic heterocycles. The van der Waals surface area contributed by atoms with Crippen LogP contribution in [0.3, 0.4) is 0 Å². The Balaban J connectivity index is 1.38. The Morgan fingerprint density at radius 1 is 0.897 bits per heavy atom. The summed E-state index contributed by atoms with van der Waals surface area (Å²) in [5.74, 6) is 1.78. The number of carbonyl (C=O) groups is 1. The number of amides is 1. The second-order valence-corrected chi connectivity index (χ2v) is 10.7. The molecule has 5 heteroatoms. The van der Waals surface area contributed by atoms with Gasteiger partial charge in [-0.3, -0.25) is 9.79 Å². The smallest absolute Gasteiger partial charge is 0.229 e. The van der Waals surface area contributed by atoms with Gasteiger partial charge in [-0.15, -0.1) is 0 Å². The zero-order chi connectivity index (χ0) is 27.0. The number of rotatable bonds is 10. The number of nitrogens with zero attached hydrogens (tertiary/aromatic N) is 1. The topological polar surface area (TPSA) is 59.9 Å². The lowest BCUT2D eigenvalue weighted by atomic mass is 9.74. The molecule has 5 nitrogen and oxygen atoms in total. The highest BCUT2D eigenvalue weighted by atomic mass is 16.5. The van der Waals surface area contributed by atoms with Crippen molar-refractivity contribution < 1.29 is 14.3 Å². The zero-order valence-electron chi connectivity index (χ0n) is 23.2. The van der Waals surface area contributed by atoms with Crippen LogP contribution in [0.25, 0.3) is 0 Å². The third kappa shape index (κ3) is 6.19. The number of ether oxygens (including phenoxy) is 2. The van der Waals surface area contributed by atoms with Gasteiger partial charge in [0.1, 0.15) is 0 Å². The molecule has 0 unspecified atom stereocenters. The van der Waals surface area contributed by atoms with Crippen molar-refractivity contribution in [2.75, 3.05) is 27.3 Å². The maximum atomic E-state index is 14.0. The Labute approximate surface area is 232 Å². The molecule has 5 rings (SSSR count). The van der Waals surface area contributed by atoms with Crippen LogP contribution in [-0.4, -0.2) is 38.9 Å². The lowest BCUT2D eigenvalue weighted by Crippen LogP contribution is -2.42. The Bertz CT molecular complexity index is 1230. The molecule has 3 aromatic rings. The second kappa shape index (κ2) is 13.0. The summed E-state index contributed by atoms with van der Waals surface area (Å²) in [5, 5.41) is 3.35. The molecule has 204 valence electrons. The normalized spacial score (nSPS) is 16.2. The van der Waals surface area contributed by atoms with Gasteiger partial charge >= 0.3 is 0 Å².